The van der Waals surface area contributed by atoms with E-state index in [9.17, 15) is 4.79 Å². The van der Waals surface area contributed by atoms with Gasteiger partial charge in [-0.25, -0.2) is 0 Å². The molecule has 1 aliphatic rings. The minimum atomic E-state index is 0.125. The van der Waals surface area contributed by atoms with Gasteiger partial charge in [0.1, 0.15) is 5.69 Å². The molecule has 0 bridgehead atoms. The lowest BCUT2D eigenvalue weighted by molar-refractivity contribution is 0.0767. The van der Waals surface area contributed by atoms with E-state index < -0.39 is 0 Å². The van der Waals surface area contributed by atoms with E-state index in [-0.39, 0.29) is 5.91 Å². The Morgan fingerprint density at radius 3 is 2.58 bits per heavy atom. The van der Waals surface area contributed by atoms with Crippen LogP contribution in [-0.2, 0) is 6.54 Å². The zero-order chi connectivity index (χ0) is 17.9. The van der Waals surface area contributed by atoms with Crippen LogP contribution in [0.15, 0.2) is 6.07 Å². The number of hydrogen-bond donors (Lipinski definition) is 0. The van der Waals surface area contributed by atoms with Crippen molar-refractivity contribution in [2.45, 2.75) is 39.3 Å². The van der Waals surface area contributed by atoms with E-state index in [0.717, 1.165) is 44.0 Å². The molecule has 136 valence electrons. The molecule has 0 N–H and O–H groups in total. The van der Waals surface area contributed by atoms with E-state index in [1.165, 1.54) is 6.42 Å². The smallest absolute Gasteiger partial charge is 0.272 e. The molecule has 0 radical (unpaired) electrons. The summed E-state index contributed by atoms with van der Waals surface area (Å²) in [5, 5.41) is 4.52. The lowest BCUT2D eigenvalue weighted by Gasteiger charge is -2.24. The SMILES string of the molecule is CCC[C@@H]1CN(C(=O)c2cc(C)nn2CCN(C)C)C[C@H]1N(C)C. The van der Waals surface area contributed by atoms with Gasteiger partial charge in [-0.15, -0.1) is 0 Å². The van der Waals surface area contributed by atoms with Gasteiger partial charge in [0.25, 0.3) is 5.91 Å². The molecule has 0 spiro atoms. The Morgan fingerprint density at radius 2 is 2.00 bits per heavy atom. The van der Waals surface area contributed by atoms with Crippen molar-refractivity contribution in [3.8, 4) is 0 Å². The summed E-state index contributed by atoms with van der Waals surface area (Å²) in [5.74, 6) is 0.688. The quantitative estimate of drug-likeness (QED) is 0.758. The molecule has 24 heavy (non-hydrogen) atoms. The van der Waals surface area contributed by atoms with Gasteiger partial charge >= 0.3 is 0 Å². The number of amides is 1. The maximum absolute atomic E-state index is 13.1. The van der Waals surface area contributed by atoms with Gasteiger partial charge < -0.3 is 14.7 Å². The molecule has 1 saturated heterocycles. The summed E-state index contributed by atoms with van der Waals surface area (Å²) in [6, 6.07) is 2.38. The first-order valence-electron chi connectivity index (χ1n) is 8.98. The van der Waals surface area contributed by atoms with Gasteiger partial charge in [-0.2, -0.15) is 5.10 Å². The number of nitrogens with zero attached hydrogens (tertiary/aromatic N) is 5. The number of carbonyl (C=O) groups excluding carboxylic acids is 1. The van der Waals surface area contributed by atoms with Crippen LogP contribution in [0, 0.1) is 12.8 Å². The highest BCUT2D eigenvalue weighted by Crippen LogP contribution is 2.26. The van der Waals surface area contributed by atoms with Crippen molar-refractivity contribution >= 4 is 5.91 Å². The molecule has 2 heterocycles. The second-order valence-corrected chi connectivity index (χ2v) is 7.49. The highest BCUT2D eigenvalue weighted by Gasteiger charge is 2.36. The van der Waals surface area contributed by atoms with Crippen LogP contribution in [0.25, 0.3) is 0 Å². The lowest BCUT2D eigenvalue weighted by atomic mass is 9.98. The summed E-state index contributed by atoms with van der Waals surface area (Å²) in [6.07, 6.45) is 2.34. The van der Waals surface area contributed by atoms with Gasteiger partial charge in [0, 0.05) is 25.7 Å². The third-order valence-corrected chi connectivity index (χ3v) is 4.90. The number of aryl methyl sites for hydroxylation is 1. The van der Waals surface area contributed by atoms with Crippen LogP contribution in [0.5, 0.6) is 0 Å². The molecule has 1 aromatic rings. The van der Waals surface area contributed by atoms with Crippen molar-refractivity contribution < 1.29 is 4.79 Å². The fraction of sp³-hybridized carbons (Fsp3) is 0.778. The molecular weight excluding hydrogens is 302 g/mol. The van der Waals surface area contributed by atoms with Crippen LogP contribution in [0.2, 0.25) is 0 Å². The number of hydrogen-bond acceptors (Lipinski definition) is 4. The zero-order valence-electron chi connectivity index (χ0n) is 16.1. The van der Waals surface area contributed by atoms with Crippen molar-refractivity contribution in [2.75, 3.05) is 47.8 Å². The predicted octanol–water partition coefficient (Wildman–Crippen LogP) is 1.56. The standard InChI is InChI=1S/C18H33N5O/c1-7-8-15-12-22(13-17(15)21(5)6)18(24)16-11-14(2)19-23(16)10-9-20(3)4/h11,15,17H,7-10,12-13H2,1-6H3/t15-,17-/m1/s1. The van der Waals surface area contributed by atoms with Crippen LogP contribution in [-0.4, -0.2) is 84.3 Å². The van der Waals surface area contributed by atoms with Crippen LogP contribution >= 0.6 is 0 Å². The van der Waals surface area contributed by atoms with Crippen molar-refractivity contribution in [1.29, 1.82) is 0 Å². The van der Waals surface area contributed by atoms with Crippen LogP contribution in [0.3, 0.4) is 0 Å². The number of likely N-dealkylation sites (N-methyl/N-ethyl adjacent to an activating group) is 2. The van der Waals surface area contributed by atoms with Crippen LogP contribution in [0.1, 0.15) is 35.9 Å². The fourth-order valence-electron chi connectivity index (χ4n) is 3.60. The summed E-state index contributed by atoms with van der Waals surface area (Å²) in [5.41, 5.74) is 1.63. The maximum atomic E-state index is 13.1. The van der Waals surface area contributed by atoms with Gasteiger partial charge in [0.15, 0.2) is 0 Å². The second-order valence-electron chi connectivity index (χ2n) is 7.49. The Hall–Kier alpha value is -1.40. The number of carbonyl (C=O) groups is 1. The fourth-order valence-corrected chi connectivity index (χ4v) is 3.60. The molecule has 6 heteroatoms. The maximum Gasteiger partial charge on any atom is 0.272 e. The second kappa shape index (κ2) is 8.12. The van der Waals surface area contributed by atoms with Crippen LogP contribution < -0.4 is 0 Å². The average molecular weight is 335 g/mol. The molecule has 0 aromatic carbocycles. The Bertz CT molecular complexity index is 552. The molecule has 6 nitrogen and oxygen atoms in total. The third-order valence-electron chi connectivity index (χ3n) is 4.90. The average Bonchev–Trinajstić information content (AvgIpc) is 3.08. The molecule has 1 amide bonds. The van der Waals surface area contributed by atoms with Gasteiger partial charge in [0.05, 0.1) is 12.2 Å². The number of aromatic nitrogens is 2. The first kappa shape index (κ1) is 18.9. The highest BCUT2D eigenvalue weighted by atomic mass is 16.2. The van der Waals surface area contributed by atoms with E-state index in [1.807, 2.05) is 36.7 Å². The van der Waals surface area contributed by atoms with E-state index >= 15 is 0 Å². The molecule has 1 aromatic heterocycles. The minimum Gasteiger partial charge on any atom is -0.335 e. The van der Waals surface area contributed by atoms with Gasteiger partial charge in [-0.3, -0.25) is 9.48 Å². The Kier molecular flexibility index (Phi) is 6.40. The van der Waals surface area contributed by atoms with Crippen molar-refractivity contribution in [3.05, 3.63) is 17.5 Å². The van der Waals surface area contributed by atoms with Crippen molar-refractivity contribution in [2.24, 2.45) is 5.92 Å². The highest BCUT2D eigenvalue weighted by molar-refractivity contribution is 5.93. The molecule has 0 saturated carbocycles. The summed E-state index contributed by atoms with van der Waals surface area (Å²) in [7, 11) is 8.31. The molecular formula is C18H33N5O. The van der Waals surface area contributed by atoms with Crippen molar-refractivity contribution in [3.63, 3.8) is 0 Å². The van der Waals surface area contributed by atoms with E-state index in [1.54, 1.807) is 0 Å². The number of rotatable bonds is 7. The predicted molar refractivity (Wildman–Crippen MR) is 97.3 cm³/mol. The Labute approximate surface area is 146 Å². The molecule has 1 fully saturated rings. The molecule has 2 atom stereocenters. The zero-order valence-corrected chi connectivity index (χ0v) is 16.1. The minimum absolute atomic E-state index is 0.125. The molecule has 0 aliphatic carbocycles. The molecule has 2 rings (SSSR count). The lowest BCUT2D eigenvalue weighted by Crippen LogP contribution is -2.37. The summed E-state index contributed by atoms with van der Waals surface area (Å²) in [6.45, 7) is 7.46. The van der Waals surface area contributed by atoms with Gasteiger partial charge in [-0.05, 0) is 53.5 Å². The summed E-state index contributed by atoms with van der Waals surface area (Å²) < 4.78 is 1.87. The summed E-state index contributed by atoms with van der Waals surface area (Å²) in [4.78, 5) is 19.5. The first-order chi connectivity index (χ1) is 11.3. The largest absolute Gasteiger partial charge is 0.335 e. The topological polar surface area (TPSA) is 44.6 Å². The molecule has 0 unspecified atom stereocenters. The van der Waals surface area contributed by atoms with Crippen molar-refractivity contribution in [1.82, 2.24) is 24.5 Å². The number of likely N-dealkylation sites (tertiary alicyclic amines) is 1. The monoisotopic (exact) mass is 335 g/mol. The van der Waals surface area contributed by atoms with E-state index in [2.05, 4.69) is 35.9 Å². The summed E-state index contributed by atoms with van der Waals surface area (Å²) >= 11 is 0. The van der Waals surface area contributed by atoms with Gasteiger partial charge in [-0.1, -0.05) is 13.3 Å². The van der Waals surface area contributed by atoms with E-state index in [4.69, 9.17) is 0 Å². The first-order valence-corrected chi connectivity index (χ1v) is 8.98. The van der Waals surface area contributed by atoms with Gasteiger partial charge in [0.2, 0.25) is 0 Å². The normalized spacial score (nSPS) is 21.2. The Morgan fingerprint density at radius 1 is 1.29 bits per heavy atom. The Balaban J connectivity index is 2.14. The van der Waals surface area contributed by atoms with Crippen LogP contribution in [0.4, 0.5) is 0 Å². The molecule has 1 aliphatic heterocycles. The third kappa shape index (κ3) is 4.36. The van der Waals surface area contributed by atoms with E-state index in [0.29, 0.717) is 12.0 Å².